The Kier molecular flexibility index (Phi) is 2.59. The monoisotopic (exact) mass is 208 g/mol. The lowest BCUT2D eigenvalue weighted by molar-refractivity contribution is 0.190. The Morgan fingerprint density at radius 1 is 1.53 bits per heavy atom. The quantitative estimate of drug-likeness (QED) is 0.763. The van der Waals surface area contributed by atoms with Crippen LogP contribution in [0.4, 0.5) is 0 Å². The molecule has 3 heteroatoms. The number of aliphatic hydroxyl groups is 1. The highest BCUT2D eigenvalue weighted by molar-refractivity contribution is 5.14. The zero-order valence-electron chi connectivity index (χ0n) is 9.82. The van der Waals surface area contributed by atoms with Gasteiger partial charge in [0, 0.05) is 37.1 Å². The number of aryl methyl sites for hydroxylation is 1. The van der Waals surface area contributed by atoms with Crippen LogP contribution in [0.5, 0.6) is 0 Å². The van der Waals surface area contributed by atoms with E-state index in [4.69, 9.17) is 5.11 Å². The Morgan fingerprint density at radius 2 is 2.27 bits per heavy atom. The summed E-state index contributed by atoms with van der Waals surface area (Å²) in [6, 6.07) is 0. The van der Waals surface area contributed by atoms with Crippen LogP contribution in [0.25, 0.3) is 0 Å². The van der Waals surface area contributed by atoms with Crippen molar-refractivity contribution in [3.05, 3.63) is 17.7 Å². The summed E-state index contributed by atoms with van der Waals surface area (Å²) in [5, 5.41) is 9.15. The molecule has 0 amide bonds. The smallest absolute Gasteiger partial charge is 0.109 e. The molecule has 0 saturated carbocycles. The van der Waals surface area contributed by atoms with Crippen LogP contribution in [0, 0.1) is 5.92 Å². The lowest BCUT2D eigenvalue weighted by Gasteiger charge is -2.21. The molecule has 0 spiro atoms. The molecule has 3 nitrogen and oxygen atoms in total. The molecule has 0 saturated heterocycles. The van der Waals surface area contributed by atoms with Gasteiger partial charge in [-0.15, -0.1) is 0 Å². The lowest BCUT2D eigenvalue weighted by Crippen LogP contribution is -2.22. The predicted octanol–water partition coefficient (Wildman–Crippen LogP) is 1.74. The molecule has 0 radical (unpaired) electrons. The van der Waals surface area contributed by atoms with Gasteiger partial charge in [0.05, 0.1) is 5.69 Å². The third-order valence-corrected chi connectivity index (χ3v) is 3.12. The van der Waals surface area contributed by atoms with Crippen molar-refractivity contribution in [2.45, 2.75) is 45.6 Å². The maximum atomic E-state index is 9.15. The maximum Gasteiger partial charge on any atom is 0.109 e. The first-order valence-electron chi connectivity index (χ1n) is 5.68. The predicted molar refractivity (Wildman–Crippen MR) is 59.8 cm³/mol. The van der Waals surface area contributed by atoms with Gasteiger partial charge in [-0.05, 0) is 6.42 Å². The summed E-state index contributed by atoms with van der Waals surface area (Å²) in [4.78, 5) is 4.67. The molecular formula is C12H20N2O. The van der Waals surface area contributed by atoms with Gasteiger partial charge in [-0.1, -0.05) is 20.8 Å². The molecule has 1 aromatic rings. The topological polar surface area (TPSA) is 38.0 Å². The van der Waals surface area contributed by atoms with Crippen LogP contribution < -0.4 is 0 Å². The molecule has 0 fully saturated rings. The first-order chi connectivity index (χ1) is 7.00. The molecule has 0 bridgehead atoms. The zero-order valence-corrected chi connectivity index (χ0v) is 9.82. The number of aromatic nitrogens is 2. The molecule has 1 aliphatic heterocycles. The van der Waals surface area contributed by atoms with Crippen LogP contribution >= 0.6 is 0 Å². The average Bonchev–Trinajstić information content (AvgIpc) is 2.59. The Bertz CT molecular complexity index is 349. The number of imidazole rings is 1. The molecule has 1 aliphatic rings. The van der Waals surface area contributed by atoms with Crippen LogP contribution in [-0.2, 0) is 18.4 Å². The SMILES string of the molecule is CC(C)(C)c1cn2c(n1)CCC(CO)C2. The normalized spacial score (nSPS) is 21.5. The fraction of sp³-hybridized carbons (Fsp3) is 0.750. The second kappa shape index (κ2) is 3.63. The van der Waals surface area contributed by atoms with Gasteiger partial charge in [-0.25, -0.2) is 4.98 Å². The van der Waals surface area contributed by atoms with E-state index >= 15 is 0 Å². The summed E-state index contributed by atoms with van der Waals surface area (Å²) in [5.41, 5.74) is 1.29. The van der Waals surface area contributed by atoms with Crippen molar-refractivity contribution in [3.8, 4) is 0 Å². The van der Waals surface area contributed by atoms with Gasteiger partial charge in [-0.2, -0.15) is 0 Å². The van der Waals surface area contributed by atoms with Crippen LogP contribution in [-0.4, -0.2) is 21.3 Å². The summed E-state index contributed by atoms with van der Waals surface area (Å²) in [6.07, 6.45) is 4.22. The molecular weight excluding hydrogens is 188 g/mol. The van der Waals surface area contributed by atoms with Gasteiger partial charge in [-0.3, -0.25) is 0 Å². The van der Waals surface area contributed by atoms with Crippen LogP contribution in [0.2, 0.25) is 0 Å². The molecule has 1 unspecified atom stereocenters. The number of fused-ring (bicyclic) bond motifs is 1. The molecule has 1 aromatic heterocycles. The maximum absolute atomic E-state index is 9.15. The van der Waals surface area contributed by atoms with E-state index in [-0.39, 0.29) is 5.41 Å². The largest absolute Gasteiger partial charge is 0.396 e. The van der Waals surface area contributed by atoms with Gasteiger partial charge < -0.3 is 9.67 Å². The summed E-state index contributed by atoms with van der Waals surface area (Å²) < 4.78 is 2.21. The number of hydrogen-bond acceptors (Lipinski definition) is 2. The molecule has 15 heavy (non-hydrogen) atoms. The van der Waals surface area contributed by atoms with E-state index < -0.39 is 0 Å². The summed E-state index contributed by atoms with van der Waals surface area (Å²) in [7, 11) is 0. The standard InChI is InChI=1S/C12H20N2O/c1-12(2,3)10-7-14-6-9(8-15)4-5-11(14)13-10/h7,9,15H,4-6,8H2,1-3H3. The molecule has 2 heterocycles. The van der Waals surface area contributed by atoms with Crippen molar-refractivity contribution >= 4 is 0 Å². The first kappa shape index (κ1) is 10.7. The summed E-state index contributed by atoms with van der Waals surface area (Å²) in [6.45, 7) is 7.78. The highest BCUT2D eigenvalue weighted by atomic mass is 16.3. The lowest BCUT2D eigenvalue weighted by atomic mass is 9.93. The van der Waals surface area contributed by atoms with E-state index in [0.717, 1.165) is 25.1 Å². The Morgan fingerprint density at radius 3 is 2.87 bits per heavy atom. The third-order valence-electron chi connectivity index (χ3n) is 3.12. The summed E-state index contributed by atoms with van der Waals surface area (Å²) >= 11 is 0. The minimum Gasteiger partial charge on any atom is -0.396 e. The highest BCUT2D eigenvalue weighted by Crippen LogP contribution is 2.25. The van der Waals surface area contributed by atoms with Gasteiger partial charge in [0.25, 0.3) is 0 Å². The first-order valence-corrected chi connectivity index (χ1v) is 5.68. The number of aliphatic hydroxyl groups excluding tert-OH is 1. The highest BCUT2D eigenvalue weighted by Gasteiger charge is 2.24. The van der Waals surface area contributed by atoms with Crippen molar-refractivity contribution in [1.82, 2.24) is 9.55 Å². The molecule has 1 N–H and O–H groups in total. The average molecular weight is 208 g/mol. The van der Waals surface area contributed by atoms with Crippen molar-refractivity contribution in [2.24, 2.45) is 5.92 Å². The van der Waals surface area contributed by atoms with Crippen LogP contribution in [0.15, 0.2) is 6.20 Å². The molecule has 0 aromatic carbocycles. The molecule has 1 atom stereocenters. The van der Waals surface area contributed by atoms with Crippen molar-refractivity contribution in [1.29, 1.82) is 0 Å². The second-order valence-corrected chi connectivity index (χ2v) is 5.53. The Hall–Kier alpha value is -0.830. The fourth-order valence-electron chi connectivity index (χ4n) is 2.02. The van der Waals surface area contributed by atoms with E-state index in [1.54, 1.807) is 0 Å². The van der Waals surface area contributed by atoms with Crippen molar-refractivity contribution in [3.63, 3.8) is 0 Å². The van der Waals surface area contributed by atoms with Crippen molar-refractivity contribution in [2.75, 3.05) is 6.61 Å². The van der Waals surface area contributed by atoms with Crippen molar-refractivity contribution < 1.29 is 5.11 Å². The second-order valence-electron chi connectivity index (χ2n) is 5.53. The van der Waals surface area contributed by atoms with E-state index in [1.165, 1.54) is 5.82 Å². The number of rotatable bonds is 1. The van der Waals surface area contributed by atoms with Gasteiger partial charge >= 0.3 is 0 Å². The molecule has 84 valence electrons. The Balaban J connectivity index is 2.26. The third kappa shape index (κ3) is 2.07. The van der Waals surface area contributed by atoms with Gasteiger partial charge in [0.15, 0.2) is 0 Å². The van der Waals surface area contributed by atoms with E-state index in [0.29, 0.717) is 12.5 Å². The van der Waals surface area contributed by atoms with E-state index in [1.807, 2.05) is 0 Å². The fourth-order valence-corrected chi connectivity index (χ4v) is 2.02. The molecule has 0 aliphatic carbocycles. The Labute approximate surface area is 91.1 Å². The van der Waals surface area contributed by atoms with Crippen LogP contribution in [0.1, 0.15) is 38.7 Å². The number of hydrogen-bond donors (Lipinski definition) is 1. The zero-order chi connectivity index (χ0) is 11.1. The van der Waals surface area contributed by atoms with E-state index in [2.05, 4.69) is 36.5 Å². The summed E-state index contributed by atoms with van der Waals surface area (Å²) in [5.74, 6) is 1.60. The van der Waals surface area contributed by atoms with E-state index in [9.17, 15) is 0 Å². The minimum absolute atomic E-state index is 0.124. The van der Waals surface area contributed by atoms with Gasteiger partial charge in [0.1, 0.15) is 5.82 Å². The number of nitrogens with zero attached hydrogens (tertiary/aromatic N) is 2. The van der Waals surface area contributed by atoms with Gasteiger partial charge in [0.2, 0.25) is 0 Å². The minimum atomic E-state index is 0.124. The molecule has 2 rings (SSSR count). The van der Waals surface area contributed by atoms with Crippen LogP contribution in [0.3, 0.4) is 0 Å².